The van der Waals surface area contributed by atoms with Crippen molar-refractivity contribution in [1.82, 2.24) is 0 Å². The highest BCUT2D eigenvalue weighted by Crippen LogP contribution is 2.33. The number of fused-ring (bicyclic) bond motifs is 1. The second kappa shape index (κ2) is 4.84. The Kier molecular flexibility index (Phi) is 3.04. The van der Waals surface area contributed by atoms with Gasteiger partial charge in [0.25, 0.3) is 0 Å². The van der Waals surface area contributed by atoms with Gasteiger partial charge in [0.1, 0.15) is 24.2 Å². The van der Waals surface area contributed by atoms with E-state index in [1.54, 1.807) is 0 Å². The van der Waals surface area contributed by atoms with Gasteiger partial charge in [-0.3, -0.25) is 0 Å². The highest BCUT2D eigenvalue weighted by molar-refractivity contribution is 5.93. The number of hydrogen-bond donors (Lipinski definition) is 1. The van der Waals surface area contributed by atoms with E-state index in [0.717, 1.165) is 23.1 Å². The summed E-state index contributed by atoms with van der Waals surface area (Å²) in [4.78, 5) is 0. The average Bonchev–Trinajstić information content (AvgIpc) is 3.22. The van der Waals surface area contributed by atoms with Crippen LogP contribution < -0.4 is 9.47 Å². The Hall–Kier alpha value is -1.78. The molecule has 1 aliphatic rings. The van der Waals surface area contributed by atoms with Gasteiger partial charge in [-0.1, -0.05) is 24.3 Å². The zero-order valence-corrected chi connectivity index (χ0v) is 9.83. The zero-order chi connectivity index (χ0) is 12.4. The van der Waals surface area contributed by atoms with Crippen LogP contribution in [0.25, 0.3) is 10.8 Å². The number of ether oxygens (including phenoxy) is 3. The van der Waals surface area contributed by atoms with Crippen LogP contribution in [0.15, 0.2) is 36.4 Å². The van der Waals surface area contributed by atoms with Gasteiger partial charge in [-0.25, -0.2) is 0 Å². The highest BCUT2D eigenvalue weighted by atomic mass is 16.6. The van der Waals surface area contributed by atoms with Crippen LogP contribution in [0, 0.1) is 0 Å². The summed E-state index contributed by atoms with van der Waals surface area (Å²) in [6.07, 6.45) is 0.233. The maximum absolute atomic E-state index is 8.86. The molecule has 2 aromatic carbocycles. The standard InChI is InChI=1S/C14H14O4/c15-9-18-14-6-5-13(17-8-10-7-16-10)11-3-1-2-4-12(11)14/h1-6,10,15H,7-9H2. The van der Waals surface area contributed by atoms with Gasteiger partial charge < -0.3 is 19.3 Å². The minimum Gasteiger partial charge on any atom is -0.490 e. The van der Waals surface area contributed by atoms with E-state index in [1.165, 1.54) is 0 Å². The first-order chi connectivity index (χ1) is 8.88. The van der Waals surface area contributed by atoms with Crippen molar-refractivity contribution in [2.24, 2.45) is 0 Å². The fourth-order valence-electron chi connectivity index (χ4n) is 1.91. The zero-order valence-electron chi connectivity index (χ0n) is 9.83. The predicted octanol–water partition coefficient (Wildman–Crippen LogP) is 1.95. The van der Waals surface area contributed by atoms with Gasteiger partial charge >= 0.3 is 0 Å². The Labute approximate surface area is 105 Å². The van der Waals surface area contributed by atoms with Gasteiger partial charge in [0, 0.05) is 10.8 Å². The molecule has 1 heterocycles. The normalized spacial score (nSPS) is 17.7. The van der Waals surface area contributed by atoms with Crippen molar-refractivity contribution < 1.29 is 19.3 Å². The predicted molar refractivity (Wildman–Crippen MR) is 66.9 cm³/mol. The molecule has 1 saturated heterocycles. The van der Waals surface area contributed by atoms with Gasteiger partial charge in [-0.2, -0.15) is 0 Å². The SMILES string of the molecule is OCOc1ccc(OCC2CO2)c2ccccc12. The Bertz CT molecular complexity index is 548. The fraction of sp³-hybridized carbons (Fsp3) is 0.286. The van der Waals surface area contributed by atoms with Crippen molar-refractivity contribution in [1.29, 1.82) is 0 Å². The molecule has 1 fully saturated rings. The van der Waals surface area contributed by atoms with Crippen LogP contribution in [0.3, 0.4) is 0 Å². The second-order valence-corrected chi connectivity index (χ2v) is 4.15. The molecule has 94 valence electrons. The molecule has 0 saturated carbocycles. The molecule has 3 rings (SSSR count). The molecule has 1 N–H and O–H groups in total. The summed E-state index contributed by atoms with van der Waals surface area (Å²) in [5.74, 6) is 1.47. The lowest BCUT2D eigenvalue weighted by atomic mass is 10.1. The molecule has 1 aliphatic heterocycles. The van der Waals surface area contributed by atoms with Crippen LogP contribution in [0.2, 0.25) is 0 Å². The molecule has 0 amide bonds. The number of aliphatic hydroxyl groups is 1. The number of rotatable bonds is 5. The maximum Gasteiger partial charge on any atom is 0.186 e. The second-order valence-electron chi connectivity index (χ2n) is 4.15. The van der Waals surface area contributed by atoms with E-state index in [1.807, 2.05) is 36.4 Å². The van der Waals surface area contributed by atoms with E-state index in [4.69, 9.17) is 19.3 Å². The van der Waals surface area contributed by atoms with Crippen LogP contribution in [-0.2, 0) is 4.74 Å². The van der Waals surface area contributed by atoms with Crippen molar-refractivity contribution in [3.8, 4) is 11.5 Å². The summed E-state index contributed by atoms with van der Waals surface area (Å²) >= 11 is 0. The molecule has 0 spiro atoms. The van der Waals surface area contributed by atoms with Gasteiger partial charge in [0.05, 0.1) is 6.61 Å². The topological polar surface area (TPSA) is 51.2 Å². The minimum atomic E-state index is -0.333. The summed E-state index contributed by atoms with van der Waals surface area (Å²) in [7, 11) is 0. The molecule has 0 radical (unpaired) electrons. The lowest BCUT2D eigenvalue weighted by Gasteiger charge is -2.11. The third-order valence-electron chi connectivity index (χ3n) is 2.89. The molecule has 1 atom stereocenters. The molecule has 4 heteroatoms. The van der Waals surface area contributed by atoms with Gasteiger partial charge in [0.15, 0.2) is 6.79 Å². The van der Waals surface area contributed by atoms with Crippen LogP contribution >= 0.6 is 0 Å². The van der Waals surface area contributed by atoms with Crippen molar-refractivity contribution in [2.75, 3.05) is 20.0 Å². The van der Waals surface area contributed by atoms with E-state index in [9.17, 15) is 0 Å². The minimum absolute atomic E-state index is 0.233. The molecular weight excluding hydrogens is 232 g/mol. The Morgan fingerprint density at radius 3 is 2.22 bits per heavy atom. The number of hydrogen-bond acceptors (Lipinski definition) is 4. The third kappa shape index (κ3) is 2.25. The highest BCUT2D eigenvalue weighted by Gasteiger charge is 2.23. The first-order valence-electron chi connectivity index (χ1n) is 5.88. The summed E-state index contributed by atoms with van der Waals surface area (Å²) in [6, 6.07) is 11.5. The van der Waals surface area contributed by atoms with Crippen LogP contribution in [0.4, 0.5) is 0 Å². The lowest BCUT2D eigenvalue weighted by Crippen LogP contribution is -2.04. The first-order valence-corrected chi connectivity index (χ1v) is 5.88. The van der Waals surface area contributed by atoms with Crippen molar-refractivity contribution >= 4 is 10.8 Å². The molecule has 0 bridgehead atoms. The van der Waals surface area contributed by atoms with Gasteiger partial charge in [0.2, 0.25) is 0 Å². The summed E-state index contributed by atoms with van der Waals surface area (Å²) < 4.78 is 16.0. The maximum atomic E-state index is 8.86. The Balaban J connectivity index is 1.95. The lowest BCUT2D eigenvalue weighted by molar-refractivity contribution is 0.0999. The average molecular weight is 246 g/mol. The van der Waals surface area contributed by atoms with Crippen molar-refractivity contribution in [3.05, 3.63) is 36.4 Å². The number of benzene rings is 2. The number of epoxide rings is 1. The van der Waals surface area contributed by atoms with E-state index >= 15 is 0 Å². The smallest absolute Gasteiger partial charge is 0.186 e. The van der Waals surface area contributed by atoms with E-state index in [0.29, 0.717) is 12.4 Å². The van der Waals surface area contributed by atoms with Crippen LogP contribution in [0.1, 0.15) is 0 Å². The monoisotopic (exact) mass is 246 g/mol. The Morgan fingerprint density at radius 2 is 1.67 bits per heavy atom. The fourth-order valence-corrected chi connectivity index (χ4v) is 1.91. The van der Waals surface area contributed by atoms with Gasteiger partial charge in [-0.15, -0.1) is 0 Å². The molecule has 4 nitrogen and oxygen atoms in total. The molecular formula is C14H14O4. The molecule has 0 aliphatic carbocycles. The quantitative estimate of drug-likeness (QED) is 0.647. The molecule has 2 aromatic rings. The number of aliphatic hydroxyl groups excluding tert-OH is 1. The summed E-state index contributed by atoms with van der Waals surface area (Å²) in [5, 5.41) is 10.8. The van der Waals surface area contributed by atoms with Crippen LogP contribution in [0.5, 0.6) is 11.5 Å². The first kappa shape index (κ1) is 11.3. The molecule has 0 aromatic heterocycles. The summed E-state index contributed by atoms with van der Waals surface area (Å²) in [5.41, 5.74) is 0. The van der Waals surface area contributed by atoms with E-state index < -0.39 is 0 Å². The van der Waals surface area contributed by atoms with E-state index in [-0.39, 0.29) is 12.9 Å². The molecule has 18 heavy (non-hydrogen) atoms. The van der Waals surface area contributed by atoms with Crippen LogP contribution in [-0.4, -0.2) is 31.2 Å². The van der Waals surface area contributed by atoms with Crippen molar-refractivity contribution in [3.63, 3.8) is 0 Å². The van der Waals surface area contributed by atoms with E-state index in [2.05, 4.69) is 0 Å². The third-order valence-corrected chi connectivity index (χ3v) is 2.89. The Morgan fingerprint density at radius 1 is 1.06 bits per heavy atom. The summed E-state index contributed by atoms with van der Waals surface area (Å²) in [6.45, 7) is 1.02. The van der Waals surface area contributed by atoms with Gasteiger partial charge in [-0.05, 0) is 12.1 Å². The molecule has 1 unspecified atom stereocenters. The largest absolute Gasteiger partial charge is 0.490 e. The van der Waals surface area contributed by atoms with Crippen molar-refractivity contribution in [2.45, 2.75) is 6.10 Å².